The molecule has 0 aliphatic carbocycles. The molecular weight excluding hydrogens is 218 g/mol. The first-order chi connectivity index (χ1) is 6.86. The summed E-state index contributed by atoms with van der Waals surface area (Å²) in [4.78, 5) is 10.3. The van der Waals surface area contributed by atoms with Gasteiger partial charge in [0.1, 0.15) is 6.07 Å². The zero-order chi connectivity index (χ0) is 11.6. The van der Waals surface area contributed by atoms with Crippen molar-refractivity contribution < 1.29 is 18.3 Å². The van der Waals surface area contributed by atoms with Crippen LogP contribution in [0.15, 0.2) is 23.1 Å². The minimum atomic E-state index is -3.59. The maximum absolute atomic E-state index is 11.2. The number of hydrogen-bond acceptors (Lipinski definition) is 4. The molecule has 1 aromatic rings. The molecule has 0 amide bonds. The molecular formula is C9H7NO4S. The van der Waals surface area contributed by atoms with Crippen molar-refractivity contribution in [2.45, 2.75) is 4.90 Å². The number of nitrogens with zero attached hydrogens (tertiary/aromatic N) is 1. The standard InChI is InChI=1S/C9H7NO4S/c1-15(13,14)8-4-6(9(11)12)2-3-7(8)5-10/h2-4H,1H3,(H,11,12). The zero-order valence-electron chi connectivity index (χ0n) is 7.76. The summed E-state index contributed by atoms with van der Waals surface area (Å²) in [5, 5.41) is 17.3. The molecule has 1 N–H and O–H groups in total. The first-order valence-corrected chi connectivity index (χ1v) is 5.73. The Morgan fingerprint density at radius 1 is 1.47 bits per heavy atom. The molecule has 78 valence electrons. The molecule has 0 fully saturated rings. The largest absolute Gasteiger partial charge is 0.478 e. The van der Waals surface area contributed by atoms with Gasteiger partial charge >= 0.3 is 5.97 Å². The lowest BCUT2D eigenvalue weighted by atomic mass is 10.1. The van der Waals surface area contributed by atoms with Crippen molar-refractivity contribution in [1.29, 1.82) is 5.26 Å². The van der Waals surface area contributed by atoms with Gasteiger partial charge in [0.05, 0.1) is 16.0 Å². The summed E-state index contributed by atoms with van der Waals surface area (Å²) < 4.78 is 22.5. The number of carboxylic acid groups (broad SMARTS) is 1. The number of rotatable bonds is 2. The van der Waals surface area contributed by atoms with Crippen molar-refractivity contribution in [2.75, 3.05) is 6.26 Å². The monoisotopic (exact) mass is 225 g/mol. The van der Waals surface area contributed by atoms with Gasteiger partial charge < -0.3 is 5.11 Å². The minimum absolute atomic E-state index is 0.0532. The number of carbonyl (C=O) groups is 1. The van der Waals surface area contributed by atoms with Gasteiger partial charge in [0, 0.05) is 6.26 Å². The molecule has 0 aliphatic rings. The van der Waals surface area contributed by atoms with E-state index in [1.54, 1.807) is 6.07 Å². The summed E-state index contributed by atoms with van der Waals surface area (Å²) in [6, 6.07) is 5.05. The van der Waals surface area contributed by atoms with Gasteiger partial charge in [0.25, 0.3) is 0 Å². The van der Waals surface area contributed by atoms with Crippen molar-refractivity contribution in [2.24, 2.45) is 0 Å². The Bertz CT molecular complexity index is 554. The lowest BCUT2D eigenvalue weighted by Gasteiger charge is -2.02. The van der Waals surface area contributed by atoms with Crippen LogP contribution in [0.3, 0.4) is 0 Å². The van der Waals surface area contributed by atoms with Gasteiger partial charge in [-0.15, -0.1) is 0 Å². The molecule has 5 nitrogen and oxygen atoms in total. The third-order valence-electron chi connectivity index (χ3n) is 1.75. The summed E-state index contributed by atoms with van der Waals surface area (Å²) >= 11 is 0. The molecule has 15 heavy (non-hydrogen) atoms. The minimum Gasteiger partial charge on any atom is -0.478 e. The molecule has 0 saturated carbocycles. The highest BCUT2D eigenvalue weighted by molar-refractivity contribution is 7.90. The van der Waals surface area contributed by atoms with Crippen LogP contribution >= 0.6 is 0 Å². The first-order valence-electron chi connectivity index (χ1n) is 3.84. The van der Waals surface area contributed by atoms with Crippen LogP contribution in [0.5, 0.6) is 0 Å². The topological polar surface area (TPSA) is 95.2 Å². The Hall–Kier alpha value is -1.87. The fourth-order valence-electron chi connectivity index (χ4n) is 1.05. The maximum atomic E-state index is 11.2. The second-order valence-corrected chi connectivity index (χ2v) is 4.88. The van der Waals surface area contributed by atoms with E-state index in [-0.39, 0.29) is 16.0 Å². The second-order valence-electron chi connectivity index (χ2n) is 2.90. The van der Waals surface area contributed by atoms with Gasteiger partial charge in [-0.2, -0.15) is 5.26 Å². The molecule has 0 aliphatic heterocycles. The number of sulfone groups is 1. The van der Waals surface area contributed by atoms with E-state index in [2.05, 4.69) is 0 Å². The van der Waals surface area contributed by atoms with Crippen LogP contribution in [0.25, 0.3) is 0 Å². The van der Waals surface area contributed by atoms with E-state index >= 15 is 0 Å². The highest BCUT2D eigenvalue weighted by atomic mass is 32.2. The van der Waals surface area contributed by atoms with E-state index in [0.29, 0.717) is 0 Å². The molecule has 0 atom stereocenters. The summed E-state index contributed by atoms with van der Waals surface area (Å²) in [6.45, 7) is 0. The Balaban J connectivity index is 3.55. The van der Waals surface area contributed by atoms with Crippen LogP contribution in [0, 0.1) is 11.3 Å². The fraction of sp³-hybridized carbons (Fsp3) is 0.111. The Labute approximate surface area is 86.5 Å². The summed E-state index contributed by atoms with van der Waals surface area (Å²) in [6.07, 6.45) is 0.925. The van der Waals surface area contributed by atoms with Gasteiger partial charge in [-0.3, -0.25) is 0 Å². The molecule has 6 heteroatoms. The van der Waals surface area contributed by atoms with E-state index in [9.17, 15) is 13.2 Å². The van der Waals surface area contributed by atoms with Crippen molar-refractivity contribution >= 4 is 15.8 Å². The lowest BCUT2D eigenvalue weighted by molar-refractivity contribution is 0.0696. The van der Waals surface area contributed by atoms with E-state index in [4.69, 9.17) is 10.4 Å². The molecule has 0 spiro atoms. The van der Waals surface area contributed by atoms with Gasteiger partial charge in [0.15, 0.2) is 9.84 Å². The molecule has 0 unspecified atom stereocenters. The Morgan fingerprint density at radius 3 is 2.47 bits per heavy atom. The average molecular weight is 225 g/mol. The molecule has 0 saturated heterocycles. The predicted octanol–water partition coefficient (Wildman–Crippen LogP) is 0.660. The average Bonchev–Trinajstić information content (AvgIpc) is 2.15. The quantitative estimate of drug-likeness (QED) is 0.797. The van der Waals surface area contributed by atoms with Gasteiger partial charge in [-0.25, -0.2) is 13.2 Å². The fourth-order valence-corrected chi connectivity index (χ4v) is 1.91. The lowest BCUT2D eigenvalue weighted by Crippen LogP contribution is -2.04. The Kier molecular flexibility index (Phi) is 2.77. The number of hydrogen-bond donors (Lipinski definition) is 1. The third kappa shape index (κ3) is 2.33. The molecule has 0 bridgehead atoms. The SMILES string of the molecule is CS(=O)(=O)c1cc(C(=O)O)ccc1C#N. The van der Waals surface area contributed by atoms with Gasteiger partial charge in [-0.05, 0) is 18.2 Å². The van der Waals surface area contributed by atoms with Crippen LogP contribution in [0.1, 0.15) is 15.9 Å². The van der Waals surface area contributed by atoms with E-state index in [1.807, 2.05) is 0 Å². The maximum Gasteiger partial charge on any atom is 0.335 e. The molecule has 0 radical (unpaired) electrons. The molecule has 0 aromatic heterocycles. The second kappa shape index (κ2) is 3.71. The number of aromatic carboxylic acids is 1. The summed E-state index contributed by atoms with van der Waals surface area (Å²) in [7, 11) is -3.59. The molecule has 1 aromatic carbocycles. The summed E-state index contributed by atoms with van der Waals surface area (Å²) in [5.74, 6) is -1.23. The van der Waals surface area contributed by atoms with Crippen molar-refractivity contribution in [3.63, 3.8) is 0 Å². The predicted molar refractivity (Wildman–Crippen MR) is 51.2 cm³/mol. The van der Waals surface area contributed by atoms with Crippen molar-refractivity contribution in [3.8, 4) is 6.07 Å². The normalized spacial score (nSPS) is 10.7. The van der Waals surface area contributed by atoms with E-state index < -0.39 is 15.8 Å². The number of carboxylic acids is 1. The highest BCUT2D eigenvalue weighted by Gasteiger charge is 2.15. The third-order valence-corrected chi connectivity index (χ3v) is 2.89. The van der Waals surface area contributed by atoms with E-state index in [0.717, 1.165) is 12.3 Å². The van der Waals surface area contributed by atoms with Gasteiger partial charge in [0.2, 0.25) is 0 Å². The van der Waals surface area contributed by atoms with E-state index in [1.165, 1.54) is 12.1 Å². The number of benzene rings is 1. The van der Waals surface area contributed by atoms with Gasteiger partial charge in [-0.1, -0.05) is 0 Å². The van der Waals surface area contributed by atoms with Crippen molar-refractivity contribution in [3.05, 3.63) is 29.3 Å². The smallest absolute Gasteiger partial charge is 0.335 e. The molecule has 0 heterocycles. The van der Waals surface area contributed by atoms with Crippen LogP contribution in [-0.2, 0) is 9.84 Å². The summed E-state index contributed by atoms with van der Waals surface area (Å²) in [5.41, 5.74) is -0.211. The number of nitriles is 1. The van der Waals surface area contributed by atoms with Crippen LogP contribution in [0.2, 0.25) is 0 Å². The Morgan fingerprint density at radius 2 is 2.07 bits per heavy atom. The highest BCUT2D eigenvalue weighted by Crippen LogP contribution is 2.17. The van der Waals surface area contributed by atoms with Crippen LogP contribution in [-0.4, -0.2) is 25.7 Å². The zero-order valence-corrected chi connectivity index (χ0v) is 8.58. The van der Waals surface area contributed by atoms with Crippen LogP contribution in [0.4, 0.5) is 0 Å². The van der Waals surface area contributed by atoms with Crippen molar-refractivity contribution in [1.82, 2.24) is 0 Å². The van der Waals surface area contributed by atoms with Crippen LogP contribution < -0.4 is 0 Å². The molecule has 1 rings (SSSR count). The first kappa shape index (κ1) is 11.2.